The summed E-state index contributed by atoms with van der Waals surface area (Å²) >= 11 is 0. The molecule has 56 heavy (non-hydrogen) atoms. The van der Waals surface area contributed by atoms with Gasteiger partial charge in [0.2, 0.25) is 0 Å². The number of fused-ring (bicyclic) bond motifs is 3. The maximum absolute atomic E-state index is 2.43. The number of para-hydroxylation sites is 1. The molecule has 1 heteroatoms. The van der Waals surface area contributed by atoms with Crippen LogP contribution in [0.5, 0.6) is 0 Å². The Hall–Kier alpha value is -7.22. The summed E-state index contributed by atoms with van der Waals surface area (Å²) in [5.74, 6) is 0. The van der Waals surface area contributed by atoms with Crippen LogP contribution in [0.4, 0.5) is 17.1 Å². The van der Waals surface area contributed by atoms with E-state index in [0.717, 1.165) is 17.1 Å². The van der Waals surface area contributed by atoms with E-state index in [1.165, 1.54) is 66.8 Å². The Morgan fingerprint density at radius 1 is 0.268 bits per heavy atom. The zero-order valence-corrected chi connectivity index (χ0v) is 31.0. The highest BCUT2D eigenvalue weighted by Crippen LogP contribution is 2.57. The van der Waals surface area contributed by atoms with Gasteiger partial charge in [-0.25, -0.2) is 0 Å². The molecular formula is C55H39N. The molecule has 0 saturated carbocycles. The number of nitrogens with zero attached hydrogens (tertiary/aromatic N) is 1. The summed E-state index contributed by atoms with van der Waals surface area (Å²) in [6.07, 6.45) is 0. The fourth-order valence-electron chi connectivity index (χ4n) is 8.82. The van der Waals surface area contributed by atoms with E-state index in [1.54, 1.807) is 0 Å². The number of hydrogen-bond acceptors (Lipinski definition) is 1. The van der Waals surface area contributed by atoms with Crippen molar-refractivity contribution >= 4 is 17.1 Å². The van der Waals surface area contributed by atoms with Gasteiger partial charge in [0.25, 0.3) is 0 Å². The lowest BCUT2D eigenvalue weighted by Crippen LogP contribution is -2.28. The van der Waals surface area contributed by atoms with Crippen molar-refractivity contribution in [1.82, 2.24) is 0 Å². The van der Waals surface area contributed by atoms with Gasteiger partial charge in [-0.15, -0.1) is 0 Å². The van der Waals surface area contributed by atoms with Crippen LogP contribution in [-0.4, -0.2) is 0 Å². The van der Waals surface area contributed by atoms with Gasteiger partial charge in [0.05, 0.1) is 11.1 Å². The van der Waals surface area contributed by atoms with Crippen molar-refractivity contribution in [2.24, 2.45) is 0 Å². The molecule has 9 aromatic carbocycles. The fourth-order valence-corrected chi connectivity index (χ4v) is 8.82. The number of benzene rings is 9. The Balaban J connectivity index is 1.18. The van der Waals surface area contributed by atoms with E-state index in [0.29, 0.717) is 0 Å². The maximum Gasteiger partial charge on any atom is 0.0713 e. The summed E-state index contributed by atoms with van der Waals surface area (Å²) < 4.78 is 0. The summed E-state index contributed by atoms with van der Waals surface area (Å²) in [7, 11) is 0. The minimum atomic E-state index is -0.495. The van der Waals surface area contributed by atoms with Crippen LogP contribution in [0.3, 0.4) is 0 Å². The molecule has 0 radical (unpaired) electrons. The van der Waals surface area contributed by atoms with E-state index >= 15 is 0 Å². The van der Waals surface area contributed by atoms with Gasteiger partial charge < -0.3 is 4.90 Å². The van der Waals surface area contributed by atoms with Gasteiger partial charge in [0.1, 0.15) is 0 Å². The molecule has 0 N–H and O–H groups in total. The van der Waals surface area contributed by atoms with Gasteiger partial charge in [-0.3, -0.25) is 0 Å². The standard InChI is InChI=1S/C55H39N/c1-5-17-40(18-6-1)42-29-33-46(34-30-42)55(45-23-11-4-12-24-45)52-27-15-13-26-50(52)51-39-48(37-38-53(51)55)56(47-35-31-43(32-36-47)41-19-7-2-8-20-41)54-28-16-14-25-49(54)44-21-9-3-10-22-44/h1-39H. The van der Waals surface area contributed by atoms with Crippen molar-refractivity contribution in [2.75, 3.05) is 4.90 Å². The summed E-state index contributed by atoms with van der Waals surface area (Å²) in [5, 5.41) is 0. The molecule has 9 aromatic rings. The lowest BCUT2D eigenvalue weighted by Gasteiger charge is -2.34. The second kappa shape index (κ2) is 14.2. The SMILES string of the molecule is c1ccc(-c2ccc(N(c3ccc4c(c3)-c3ccccc3C4(c3ccccc3)c3ccc(-c4ccccc4)cc3)c3ccccc3-c3ccccc3)cc2)cc1. The first-order valence-corrected chi connectivity index (χ1v) is 19.3. The van der Waals surface area contributed by atoms with Gasteiger partial charge in [-0.05, 0) is 91.5 Å². The first-order valence-electron chi connectivity index (χ1n) is 19.3. The summed E-state index contributed by atoms with van der Waals surface area (Å²) in [4.78, 5) is 2.43. The average Bonchev–Trinajstić information content (AvgIpc) is 3.58. The van der Waals surface area contributed by atoms with Gasteiger partial charge in [-0.2, -0.15) is 0 Å². The van der Waals surface area contributed by atoms with Gasteiger partial charge >= 0.3 is 0 Å². The molecule has 0 aromatic heterocycles. The molecule has 10 rings (SSSR count). The molecule has 0 fully saturated rings. The second-order valence-corrected chi connectivity index (χ2v) is 14.5. The van der Waals surface area contributed by atoms with Crippen molar-refractivity contribution in [3.05, 3.63) is 259 Å². The molecular weight excluding hydrogens is 675 g/mol. The largest absolute Gasteiger partial charge is 0.310 e. The molecule has 1 nitrogen and oxygen atoms in total. The monoisotopic (exact) mass is 713 g/mol. The lowest BCUT2D eigenvalue weighted by molar-refractivity contribution is 0.768. The first-order chi connectivity index (χ1) is 27.8. The quantitative estimate of drug-likeness (QED) is 0.152. The number of rotatable bonds is 8. The summed E-state index contributed by atoms with van der Waals surface area (Å²) in [5.41, 5.74) is 17.6. The maximum atomic E-state index is 2.43. The van der Waals surface area contributed by atoms with Crippen LogP contribution in [0.1, 0.15) is 22.3 Å². The third-order valence-corrected chi connectivity index (χ3v) is 11.4. The van der Waals surface area contributed by atoms with Crippen LogP contribution in [0.15, 0.2) is 237 Å². The molecule has 0 aliphatic heterocycles. The zero-order chi connectivity index (χ0) is 37.3. The zero-order valence-electron chi connectivity index (χ0n) is 31.0. The molecule has 264 valence electrons. The minimum absolute atomic E-state index is 0.495. The number of hydrogen-bond donors (Lipinski definition) is 0. The van der Waals surface area contributed by atoms with E-state index in [-0.39, 0.29) is 0 Å². The number of anilines is 3. The Labute approximate surface area is 329 Å². The fraction of sp³-hybridized carbons (Fsp3) is 0.0182. The Morgan fingerprint density at radius 3 is 1.32 bits per heavy atom. The van der Waals surface area contributed by atoms with Gasteiger partial charge in [-0.1, -0.05) is 206 Å². The van der Waals surface area contributed by atoms with Gasteiger partial charge in [0.15, 0.2) is 0 Å². The van der Waals surface area contributed by atoms with Crippen molar-refractivity contribution in [3.63, 3.8) is 0 Å². The van der Waals surface area contributed by atoms with E-state index in [2.05, 4.69) is 241 Å². The van der Waals surface area contributed by atoms with Crippen LogP contribution in [0.25, 0.3) is 44.5 Å². The van der Waals surface area contributed by atoms with Crippen LogP contribution in [0, 0.1) is 0 Å². The Morgan fingerprint density at radius 2 is 0.696 bits per heavy atom. The highest BCUT2D eigenvalue weighted by atomic mass is 15.1. The molecule has 1 aliphatic rings. The molecule has 0 saturated heterocycles. The van der Waals surface area contributed by atoms with E-state index in [4.69, 9.17) is 0 Å². The van der Waals surface area contributed by atoms with Crippen LogP contribution < -0.4 is 4.90 Å². The van der Waals surface area contributed by atoms with Crippen LogP contribution in [-0.2, 0) is 5.41 Å². The predicted octanol–water partition coefficient (Wildman–Crippen LogP) is 14.5. The normalized spacial score (nSPS) is 14.1. The molecule has 0 bridgehead atoms. The van der Waals surface area contributed by atoms with Crippen molar-refractivity contribution in [2.45, 2.75) is 5.41 Å². The summed E-state index contributed by atoms with van der Waals surface area (Å²) in [6.45, 7) is 0. The molecule has 1 unspecified atom stereocenters. The third kappa shape index (κ3) is 5.65. The average molecular weight is 714 g/mol. The summed E-state index contributed by atoms with van der Waals surface area (Å²) in [6, 6.07) is 86.2. The predicted molar refractivity (Wildman–Crippen MR) is 235 cm³/mol. The third-order valence-electron chi connectivity index (χ3n) is 11.4. The molecule has 0 amide bonds. The topological polar surface area (TPSA) is 3.24 Å². The Kier molecular flexibility index (Phi) is 8.46. The highest BCUT2D eigenvalue weighted by molar-refractivity contribution is 5.93. The van der Waals surface area contributed by atoms with Gasteiger partial charge in [0, 0.05) is 16.9 Å². The van der Waals surface area contributed by atoms with E-state index < -0.39 is 5.41 Å². The van der Waals surface area contributed by atoms with Crippen LogP contribution >= 0.6 is 0 Å². The minimum Gasteiger partial charge on any atom is -0.310 e. The van der Waals surface area contributed by atoms with Crippen molar-refractivity contribution in [3.8, 4) is 44.5 Å². The highest BCUT2D eigenvalue weighted by Gasteiger charge is 2.46. The molecule has 0 heterocycles. The van der Waals surface area contributed by atoms with Crippen molar-refractivity contribution in [1.29, 1.82) is 0 Å². The lowest BCUT2D eigenvalue weighted by atomic mass is 9.67. The molecule has 0 spiro atoms. The smallest absolute Gasteiger partial charge is 0.0713 e. The second-order valence-electron chi connectivity index (χ2n) is 14.5. The molecule has 1 aliphatic carbocycles. The van der Waals surface area contributed by atoms with E-state index in [9.17, 15) is 0 Å². The molecule has 1 atom stereocenters. The van der Waals surface area contributed by atoms with Crippen LogP contribution in [0.2, 0.25) is 0 Å². The van der Waals surface area contributed by atoms with Crippen molar-refractivity contribution < 1.29 is 0 Å². The first kappa shape index (κ1) is 33.4. The van der Waals surface area contributed by atoms with E-state index in [1.807, 2.05) is 0 Å². The Bertz CT molecular complexity index is 2760.